The van der Waals surface area contributed by atoms with E-state index in [2.05, 4.69) is 5.32 Å². The third kappa shape index (κ3) is 1.30. The van der Waals surface area contributed by atoms with Crippen molar-refractivity contribution in [3.8, 4) is 0 Å². The van der Waals surface area contributed by atoms with Crippen molar-refractivity contribution in [2.24, 2.45) is 11.3 Å². The number of piperidine rings is 1. The second kappa shape index (κ2) is 2.76. The van der Waals surface area contributed by atoms with Crippen molar-refractivity contribution in [3.05, 3.63) is 0 Å². The molecule has 1 N–H and O–H groups in total. The number of hydrogen-bond donors (Lipinski definition) is 1. The molecule has 2 heteroatoms. The summed E-state index contributed by atoms with van der Waals surface area (Å²) < 4.78 is 5.17. The third-order valence-electron chi connectivity index (χ3n) is 3.33. The highest BCUT2D eigenvalue weighted by molar-refractivity contribution is 5.04. The molecule has 1 atom stereocenters. The minimum atomic E-state index is 0.710. The highest BCUT2D eigenvalue weighted by Crippen LogP contribution is 2.58. The minimum Gasteiger partial charge on any atom is -0.384 e. The molecule has 0 aromatic carbocycles. The Bertz CT molecular complexity index is 140. The van der Waals surface area contributed by atoms with E-state index in [1.807, 2.05) is 7.11 Å². The van der Waals surface area contributed by atoms with Crippen LogP contribution in [-0.4, -0.2) is 26.8 Å². The monoisotopic (exact) mass is 155 g/mol. The molecule has 0 bridgehead atoms. The van der Waals surface area contributed by atoms with E-state index in [1.54, 1.807) is 0 Å². The fraction of sp³-hybridized carbons (Fsp3) is 1.00. The Hall–Kier alpha value is -0.0800. The molecule has 0 unspecified atom stereocenters. The topological polar surface area (TPSA) is 21.3 Å². The molecule has 1 saturated carbocycles. The van der Waals surface area contributed by atoms with Crippen molar-refractivity contribution in [1.82, 2.24) is 5.32 Å². The summed E-state index contributed by atoms with van der Waals surface area (Å²) in [6.45, 7) is 3.43. The third-order valence-corrected chi connectivity index (χ3v) is 3.33. The number of nitrogens with one attached hydrogen (secondary N) is 1. The number of rotatable bonds is 2. The molecule has 0 aromatic rings. The Morgan fingerprint density at radius 2 is 2.18 bits per heavy atom. The first-order valence-corrected chi connectivity index (χ1v) is 4.57. The van der Waals surface area contributed by atoms with Crippen LogP contribution in [-0.2, 0) is 4.74 Å². The average molecular weight is 155 g/mol. The van der Waals surface area contributed by atoms with Crippen LogP contribution in [0.15, 0.2) is 0 Å². The molecule has 1 aliphatic heterocycles. The van der Waals surface area contributed by atoms with Crippen LogP contribution < -0.4 is 5.32 Å². The van der Waals surface area contributed by atoms with Gasteiger partial charge in [-0.15, -0.1) is 0 Å². The Morgan fingerprint density at radius 3 is 2.82 bits per heavy atom. The maximum Gasteiger partial charge on any atom is 0.0496 e. The van der Waals surface area contributed by atoms with Gasteiger partial charge in [0, 0.05) is 13.7 Å². The summed E-state index contributed by atoms with van der Waals surface area (Å²) >= 11 is 0. The van der Waals surface area contributed by atoms with E-state index < -0.39 is 0 Å². The van der Waals surface area contributed by atoms with Gasteiger partial charge in [-0.25, -0.2) is 0 Å². The van der Waals surface area contributed by atoms with E-state index >= 15 is 0 Å². The fourth-order valence-electron chi connectivity index (χ4n) is 2.41. The van der Waals surface area contributed by atoms with Gasteiger partial charge in [-0.2, -0.15) is 0 Å². The SMILES string of the molecule is COC[C@@H]1CC12CCNCC2. The van der Waals surface area contributed by atoms with E-state index in [0.29, 0.717) is 5.41 Å². The minimum absolute atomic E-state index is 0.710. The second-order valence-corrected chi connectivity index (χ2v) is 3.97. The molecule has 1 saturated heterocycles. The van der Waals surface area contributed by atoms with Gasteiger partial charge >= 0.3 is 0 Å². The number of methoxy groups -OCH3 is 1. The van der Waals surface area contributed by atoms with Gasteiger partial charge in [-0.1, -0.05) is 0 Å². The second-order valence-electron chi connectivity index (χ2n) is 3.97. The fourth-order valence-corrected chi connectivity index (χ4v) is 2.41. The predicted molar refractivity (Wildman–Crippen MR) is 44.5 cm³/mol. The normalized spacial score (nSPS) is 34.1. The summed E-state index contributed by atoms with van der Waals surface area (Å²) in [5.41, 5.74) is 0.710. The van der Waals surface area contributed by atoms with Gasteiger partial charge in [0.05, 0.1) is 0 Å². The molecule has 2 fully saturated rings. The van der Waals surface area contributed by atoms with E-state index in [4.69, 9.17) is 4.74 Å². The molecule has 11 heavy (non-hydrogen) atoms. The van der Waals surface area contributed by atoms with E-state index in [0.717, 1.165) is 12.5 Å². The first-order chi connectivity index (χ1) is 5.37. The summed E-state index contributed by atoms with van der Waals surface area (Å²) in [5.74, 6) is 0.884. The van der Waals surface area contributed by atoms with Crippen LogP contribution in [0.2, 0.25) is 0 Å². The lowest BCUT2D eigenvalue weighted by Gasteiger charge is -2.23. The first kappa shape index (κ1) is 7.56. The van der Waals surface area contributed by atoms with Crippen LogP contribution in [0.4, 0.5) is 0 Å². The highest BCUT2D eigenvalue weighted by Gasteiger charge is 2.53. The highest BCUT2D eigenvalue weighted by atomic mass is 16.5. The van der Waals surface area contributed by atoms with Gasteiger partial charge in [0.2, 0.25) is 0 Å². The first-order valence-electron chi connectivity index (χ1n) is 4.57. The van der Waals surface area contributed by atoms with Gasteiger partial charge in [-0.05, 0) is 43.7 Å². The zero-order valence-electron chi connectivity index (χ0n) is 7.23. The molecule has 2 nitrogen and oxygen atoms in total. The zero-order chi connectivity index (χ0) is 7.73. The average Bonchev–Trinajstić information content (AvgIpc) is 2.66. The van der Waals surface area contributed by atoms with Gasteiger partial charge in [-0.3, -0.25) is 0 Å². The lowest BCUT2D eigenvalue weighted by atomic mass is 9.92. The van der Waals surface area contributed by atoms with Crippen LogP contribution >= 0.6 is 0 Å². The quantitative estimate of drug-likeness (QED) is 0.643. The number of hydrogen-bond acceptors (Lipinski definition) is 2. The molecule has 0 radical (unpaired) electrons. The predicted octanol–water partition coefficient (Wildman–Crippen LogP) is 1.02. The van der Waals surface area contributed by atoms with Gasteiger partial charge < -0.3 is 10.1 Å². The molecule has 64 valence electrons. The molecule has 1 heterocycles. The van der Waals surface area contributed by atoms with Crippen LogP contribution in [0.1, 0.15) is 19.3 Å². The van der Waals surface area contributed by atoms with Crippen LogP contribution in [0.25, 0.3) is 0 Å². The smallest absolute Gasteiger partial charge is 0.0496 e. The van der Waals surface area contributed by atoms with Crippen molar-refractivity contribution in [2.75, 3.05) is 26.8 Å². The van der Waals surface area contributed by atoms with Crippen LogP contribution in [0, 0.1) is 11.3 Å². The molecule has 2 rings (SSSR count). The molecule has 0 amide bonds. The Labute approximate surface area is 68.3 Å². The molecular formula is C9H17NO. The van der Waals surface area contributed by atoms with Gasteiger partial charge in [0.15, 0.2) is 0 Å². The van der Waals surface area contributed by atoms with E-state index in [1.165, 1.54) is 32.4 Å². The van der Waals surface area contributed by atoms with Gasteiger partial charge in [0.1, 0.15) is 0 Å². The zero-order valence-corrected chi connectivity index (χ0v) is 7.23. The van der Waals surface area contributed by atoms with Gasteiger partial charge in [0.25, 0.3) is 0 Å². The summed E-state index contributed by atoms with van der Waals surface area (Å²) in [6, 6.07) is 0. The summed E-state index contributed by atoms with van der Waals surface area (Å²) in [6.07, 6.45) is 4.17. The molecule has 1 aliphatic carbocycles. The van der Waals surface area contributed by atoms with Crippen molar-refractivity contribution in [1.29, 1.82) is 0 Å². The molecule has 0 aromatic heterocycles. The van der Waals surface area contributed by atoms with E-state index in [9.17, 15) is 0 Å². The lowest BCUT2D eigenvalue weighted by Crippen LogP contribution is -2.30. The van der Waals surface area contributed by atoms with Crippen molar-refractivity contribution >= 4 is 0 Å². The van der Waals surface area contributed by atoms with Crippen molar-refractivity contribution in [2.45, 2.75) is 19.3 Å². The van der Waals surface area contributed by atoms with Crippen molar-refractivity contribution < 1.29 is 4.74 Å². The Balaban J connectivity index is 1.84. The van der Waals surface area contributed by atoms with Crippen LogP contribution in [0.5, 0.6) is 0 Å². The van der Waals surface area contributed by atoms with Crippen molar-refractivity contribution in [3.63, 3.8) is 0 Å². The maximum absolute atomic E-state index is 5.17. The van der Waals surface area contributed by atoms with Crippen LogP contribution in [0.3, 0.4) is 0 Å². The molecular weight excluding hydrogens is 138 g/mol. The summed E-state index contributed by atoms with van der Waals surface area (Å²) in [7, 11) is 1.81. The van der Waals surface area contributed by atoms with E-state index in [-0.39, 0.29) is 0 Å². The summed E-state index contributed by atoms with van der Waals surface area (Å²) in [5, 5.41) is 3.40. The number of ether oxygens (including phenoxy) is 1. The lowest BCUT2D eigenvalue weighted by molar-refractivity contribution is 0.162. The Kier molecular flexibility index (Phi) is 1.90. The molecule has 1 spiro atoms. The molecule has 2 aliphatic rings. The maximum atomic E-state index is 5.17. The Morgan fingerprint density at radius 1 is 1.45 bits per heavy atom. The summed E-state index contributed by atoms with van der Waals surface area (Å²) in [4.78, 5) is 0. The largest absolute Gasteiger partial charge is 0.384 e. The standard InChI is InChI=1S/C9H17NO/c1-11-7-8-6-9(8)2-4-10-5-3-9/h8,10H,2-7H2,1H3/t8-/m0/s1.